The zero-order valence-corrected chi connectivity index (χ0v) is 15.8. The van der Waals surface area contributed by atoms with Gasteiger partial charge in [0.05, 0.1) is 13.2 Å². The highest BCUT2D eigenvalue weighted by Crippen LogP contribution is 2.29. The van der Waals surface area contributed by atoms with Crippen LogP contribution >= 0.6 is 0 Å². The van der Waals surface area contributed by atoms with E-state index in [1.165, 1.54) is 12.8 Å². The molecule has 2 fully saturated rings. The van der Waals surface area contributed by atoms with Crippen LogP contribution in [-0.4, -0.2) is 61.6 Å². The van der Waals surface area contributed by atoms with Crippen LogP contribution in [0.15, 0.2) is 23.3 Å². The number of pyridine rings is 1. The van der Waals surface area contributed by atoms with Gasteiger partial charge in [0.1, 0.15) is 0 Å². The second kappa shape index (κ2) is 9.82. The second-order valence-corrected chi connectivity index (χ2v) is 7.29. The van der Waals surface area contributed by atoms with Gasteiger partial charge in [0.15, 0.2) is 5.96 Å². The Kier molecular flexibility index (Phi) is 7.20. The Balaban J connectivity index is 1.41. The van der Waals surface area contributed by atoms with Gasteiger partial charge < -0.3 is 15.4 Å². The van der Waals surface area contributed by atoms with E-state index in [0.717, 1.165) is 31.0 Å². The maximum atomic E-state index is 12.5. The minimum Gasteiger partial charge on any atom is -0.477 e. The van der Waals surface area contributed by atoms with Crippen LogP contribution in [0.25, 0.3) is 0 Å². The van der Waals surface area contributed by atoms with Crippen molar-refractivity contribution in [2.45, 2.75) is 44.7 Å². The summed E-state index contributed by atoms with van der Waals surface area (Å²) in [5, 5.41) is 6.69. The summed E-state index contributed by atoms with van der Waals surface area (Å²) in [6.07, 6.45) is 3.68. The van der Waals surface area contributed by atoms with Crippen LogP contribution in [0.5, 0.6) is 5.88 Å². The third-order valence-corrected chi connectivity index (χ3v) is 4.97. The molecule has 0 aromatic carbocycles. The average Bonchev–Trinajstić information content (AvgIpc) is 3.49. The normalized spacial score (nSPS) is 19.3. The van der Waals surface area contributed by atoms with Crippen molar-refractivity contribution in [3.8, 4) is 5.88 Å². The fourth-order valence-electron chi connectivity index (χ4n) is 3.16. The second-order valence-electron chi connectivity index (χ2n) is 7.29. The molecular formula is C19H29F2N5O. The fraction of sp³-hybridized carbons (Fsp3) is 0.684. The molecule has 2 N–H and O–H groups in total. The molecular weight excluding hydrogens is 352 g/mol. The van der Waals surface area contributed by atoms with Crippen LogP contribution < -0.4 is 15.4 Å². The number of hydrogen-bond acceptors (Lipinski definition) is 4. The number of aromatic nitrogens is 1. The van der Waals surface area contributed by atoms with Gasteiger partial charge >= 0.3 is 0 Å². The minimum absolute atomic E-state index is 0.132. The largest absolute Gasteiger partial charge is 0.477 e. The summed E-state index contributed by atoms with van der Waals surface area (Å²) in [6, 6.07) is 4.15. The van der Waals surface area contributed by atoms with Crippen LogP contribution in [0, 0.1) is 5.92 Å². The van der Waals surface area contributed by atoms with E-state index in [1.807, 2.05) is 17.0 Å². The number of aliphatic imine (C=N–C) groups is 1. The van der Waals surface area contributed by atoms with E-state index in [-0.39, 0.29) is 12.6 Å². The van der Waals surface area contributed by atoms with Gasteiger partial charge in [0, 0.05) is 45.0 Å². The van der Waals surface area contributed by atoms with Crippen molar-refractivity contribution < 1.29 is 13.5 Å². The molecule has 1 aromatic heterocycles. The first-order valence-corrected chi connectivity index (χ1v) is 9.68. The van der Waals surface area contributed by atoms with Crippen molar-refractivity contribution in [1.82, 2.24) is 20.5 Å². The van der Waals surface area contributed by atoms with Crippen LogP contribution in [0.1, 0.15) is 31.2 Å². The van der Waals surface area contributed by atoms with E-state index in [2.05, 4.69) is 20.6 Å². The number of nitrogens with one attached hydrogen (secondary N) is 2. The highest BCUT2D eigenvalue weighted by atomic mass is 19.3. The van der Waals surface area contributed by atoms with E-state index in [1.54, 1.807) is 13.2 Å². The summed E-state index contributed by atoms with van der Waals surface area (Å²) >= 11 is 0. The van der Waals surface area contributed by atoms with Crippen molar-refractivity contribution in [3.05, 3.63) is 23.9 Å². The summed E-state index contributed by atoms with van der Waals surface area (Å²) in [4.78, 5) is 10.3. The molecule has 27 heavy (non-hydrogen) atoms. The highest BCUT2D eigenvalue weighted by Gasteiger charge is 2.23. The molecule has 2 heterocycles. The molecule has 0 spiro atoms. The molecule has 6 nitrogen and oxygen atoms in total. The molecule has 1 aliphatic carbocycles. The van der Waals surface area contributed by atoms with Gasteiger partial charge in [-0.25, -0.2) is 13.8 Å². The quantitative estimate of drug-likeness (QED) is 0.534. The van der Waals surface area contributed by atoms with Gasteiger partial charge in [-0.05, 0) is 43.2 Å². The van der Waals surface area contributed by atoms with E-state index < -0.39 is 6.43 Å². The maximum absolute atomic E-state index is 12.5. The number of guanidine groups is 1. The van der Waals surface area contributed by atoms with Crippen LogP contribution in [0.3, 0.4) is 0 Å². The first kappa shape index (κ1) is 19.8. The topological polar surface area (TPSA) is 61.8 Å². The van der Waals surface area contributed by atoms with Gasteiger partial charge in [-0.1, -0.05) is 0 Å². The molecule has 0 amide bonds. The molecule has 8 heteroatoms. The van der Waals surface area contributed by atoms with Crippen molar-refractivity contribution in [3.63, 3.8) is 0 Å². The molecule has 0 radical (unpaired) electrons. The molecule has 0 atom stereocenters. The van der Waals surface area contributed by atoms with Gasteiger partial charge in [-0.15, -0.1) is 0 Å². The van der Waals surface area contributed by atoms with Crippen LogP contribution in [-0.2, 0) is 6.54 Å². The van der Waals surface area contributed by atoms with Crippen molar-refractivity contribution in [2.75, 3.05) is 33.3 Å². The summed E-state index contributed by atoms with van der Waals surface area (Å²) < 4.78 is 30.6. The SMILES string of the molecule is CN=C(NCc1ccnc(OCC2CC2)c1)NC1CCN(CC(F)F)CC1. The fourth-order valence-corrected chi connectivity index (χ4v) is 3.16. The van der Waals surface area contributed by atoms with E-state index in [0.29, 0.717) is 31.4 Å². The predicted octanol–water partition coefficient (Wildman–Crippen LogP) is 2.26. The molecule has 0 bridgehead atoms. The monoisotopic (exact) mass is 381 g/mol. The molecule has 1 saturated heterocycles. The lowest BCUT2D eigenvalue weighted by molar-refractivity contribution is 0.0744. The number of hydrogen-bond donors (Lipinski definition) is 2. The first-order chi connectivity index (χ1) is 13.1. The summed E-state index contributed by atoms with van der Waals surface area (Å²) in [7, 11) is 1.73. The Morgan fingerprint density at radius 2 is 2.11 bits per heavy atom. The third kappa shape index (κ3) is 6.93. The molecule has 1 saturated carbocycles. The Morgan fingerprint density at radius 1 is 1.33 bits per heavy atom. The van der Waals surface area contributed by atoms with Crippen LogP contribution in [0.2, 0.25) is 0 Å². The number of nitrogens with zero attached hydrogens (tertiary/aromatic N) is 3. The molecule has 1 aromatic rings. The highest BCUT2D eigenvalue weighted by molar-refractivity contribution is 5.79. The zero-order chi connectivity index (χ0) is 19.1. The smallest absolute Gasteiger partial charge is 0.251 e. The van der Waals surface area contributed by atoms with Crippen LogP contribution in [0.4, 0.5) is 8.78 Å². The van der Waals surface area contributed by atoms with Crippen molar-refractivity contribution in [2.24, 2.45) is 10.9 Å². The molecule has 3 rings (SSSR count). The Morgan fingerprint density at radius 3 is 2.78 bits per heavy atom. The van der Waals surface area contributed by atoms with Gasteiger partial charge in [0.2, 0.25) is 5.88 Å². The summed E-state index contributed by atoms with van der Waals surface area (Å²) in [6.45, 7) is 2.60. The lowest BCUT2D eigenvalue weighted by Crippen LogP contribution is -2.49. The standard InChI is InChI=1S/C19H29F2N5O/c1-22-19(25-16-5-8-26(9-6-16)12-17(20)21)24-11-15-4-7-23-18(10-15)27-13-14-2-3-14/h4,7,10,14,16-17H,2-3,5-6,8-9,11-13H2,1H3,(H2,22,24,25). The number of ether oxygens (including phenoxy) is 1. The van der Waals surface area contributed by atoms with E-state index in [4.69, 9.17) is 4.74 Å². The van der Waals surface area contributed by atoms with E-state index in [9.17, 15) is 8.78 Å². The van der Waals surface area contributed by atoms with Gasteiger partial charge in [-0.3, -0.25) is 9.89 Å². The Labute approximate surface area is 159 Å². The maximum Gasteiger partial charge on any atom is 0.251 e. The van der Waals surface area contributed by atoms with E-state index >= 15 is 0 Å². The number of alkyl halides is 2. The van der Waals surface area contributed by atoms with Gasteiger partial charge in [-0.2, -0.15) is 0 Å². The number of rotatable bonds is 8. The predicted molar refractivity (Wildman–Crippen MR) is 101 cm³/mol. The molecule has 0 unspecified atom stereocenters. The number of piperidine rings is 1. The molecule has 150 valence electrons. The number of likely N-dealkylation sites (tertiary alicyclic amines) is 1. The van der Waals surface area contributed by atoms with Crippen molar-refractivity contribution >= 4 is 5.96 Å². The van der Waals surface area contributed by atoms with Crippen molar-refractivity contribution in [1.29, 1.82) is 0 Å². The number of halogens is 2. The Hall–Kier alpha value is -1.96. The minimum atomic E-state index is -2.26. The third-order valence-electron chi connectivity index (χ3n) is 4.97. The summed E-state index contributed by atoms with van der Waals surface area (Å²) in [5.74, 6) is 2.08. The van der Waals surface area contributed by atoms with Gasteiger partial charge in [0.25, 0.3) is 6.43 Å². The molecule has 2 aliphatic rings. The zero-order valence-electron chi connectivity index (χ0n) is 15.8. The lowest BCUT2D eigenvalue weighted by Gasteiger charge is -2.32. The average molecular weight is 381 g/mol. The lowest BCUT2D eigenvalue weighted by atomic mass is 10.1. The summed E-state index contributed by atoms with van der Waals surface area (Å²) in [5.41, 5.74) is 1.07. The first-order valence-electron chi connectivity index (χ1n) is 9.68. The molecule has 1 aliphatic heterocycles. The Bertz CT molecular complexity index is 616.